The quantitative estimate of drug-likeness (QED) is 0.727. The number of carbonyl (C=O) groups is 1. The summed E-state index contributed by atoms with van der Waals surface area (Å²) in [6.45, 7) is 13.6. The maximum absolute atomic E-state index is 12.5. The predicted octanol–water partition coefficient (Wildman–Crippen LogP) is 3.93. The van der Waals surface area contributed by atoms with Crippen LogP contribution in [-0.4, -0.2) is 36.2 Å². The third-order valence-electron chi connectivity index (χ3n) is 4.82. The topological polar surface area (TPSA) is 32.8 Å². The molecule has 126 valence electrons. The fraction of sp³-hybridized carbons (Fsp3) is 0.632. The van der Waals surface area contributed by atoms with E-state index in [2.05, 4.69) is 36.9 Å². The van der Waals surface area contributed by atoms with Crippen LogP contribution >= 0.6 is 0 Å². The van der Waals surface area contributed by atoms with Crippen molar-refractivity contribution in [1.29, 1.82) is 0 Å². The highest BCUT2D eigenvalue weighted by Gasteiger charge is 2.35. The summed E-state index contributed by atoms with van der Waals surface area (Å²) in [4.78, 5) is 16.8. The van der Waals surface area contributed by atoms with E-state index in [1.54, 1.807) is 0 Å². The summed E-state index contributed by atoms with van der Waals surface area (Å²) in [7, 11) is 0. The highest BCUT2D eigenvalue weighted by atomic mass is 16.6. The highest BCUT2D eigenvalue weighted by Crippen LogP contribution is 2.42. The van der Waals surface area contributed by atoms with E-state index in [0.717, 1.165) is 19.5 Å². The van der Waals surface area contributed by atoms with E-state index in [-0.39, 0.29) is 11.5 Å². The summed E-state index contributed by atoms with van der Waals surface area (Å²) < 4.78 is 5.57. The molecular formula is C19H28N2O2. The first-order chi connectivity index (χ1) is 10.7. The zero-order chi connectivity index (χ0) is 16.8. The molecule has 0 aliphatic carbocycles. The van der Waals surface area contributed by atoms with E-state index < -0.39 is 5.60 Å². The Morgan fingerprint density at radius 3 is 2.61 bits per heavy atom. The van der Waals surface area contributed by atoms with Gasteiger partial charge in [-0.05, 0) is 43.7 Å². The Hall–Kier alpha value is -1.71. The summed E-state index contributed by atoms with van der Waals surface area (Å²) in [6, 6.07) is 6.52. The number of anilines is 1. The van der Waals surface area contributed by atoms with Crippen LogP contribution in [-0.2, 0) is 16.7 Å². The fourth-order valence-corrected chi connectivity index (χ4v) is 3.53. The van der Waals surface area contributed by atoms with Crippen molar-refractivity contribution in [2.45, 2.75) is 58.6 Å². The van der Waals surface area contributed by atoms with Crippen LogP contribution in [0.25, 0.3) is 0 Å². The number of nitrogens with zero attached hydrogens (tertiary/aromatic N) is 2. The molecule has 23 heavy (non-hydrogen) atoms. The van der Waals surface area contributed by atoms with Crippen LogP contribution in [0.2, 0.25) is 0 Å². The van der Waals surface area contributed by atoms with Crippen molar-refractivity contribution >= 4 is 11.8 Å². The Kier molecular flexibility index (Phi) is 3.81. The summed E-state index contributed by atoms with van der Waals surface area (Å²) in [5.74, 6) is 0. The van der Waals surface area contributed by atoms with Gasteiger partial charge in [0, 0.05) is 25.3 Å². The minimum atomic E-state index is -0.455. The van der Waals surface area contributed by atoms with E-state index in [1.165, 1.54) is 16.8 Å². The Bertz CT molecular complexity index is 616. The van der Waals surface area contributed by atoms with Crippen molar-refractivity contribution in [2.24, 2.45) is 0 Å². The second-order valence-electron chi connectivity index (χ2n) is 8.34. The van der Waals surface area contributed by atoms with E-state index in [0.29, 0.717) is 13.1 Å². The van der Waals surface area contributed by atoms with Crippen molar-refractivity contribution in [3.8, 4) is 0 Å². The first kappa shape index (κ1) is 16.2. The molecule has 2 aliphatic rings. The Balaban J connectivity index is 1.92. The maximum Gasteiger partial charge on any atom is 0.410 e. The molecular weight excluding hydrogens is 288 g/mol. The number of benzene rings is 1. The zero-order valence-corrected chi connectivity index (χ0v) is 15.0. The summed E-state index contributed by atoms with van der Waals surface area (Å²) >= 11 is 0. The number of hydrogen-bond acceptors (Lipinski definition) is 3. The number of carbonyl (C=O) groups excluding carboxylic acids is 1. The monoisotopic (exact) mass is 316 g/mol. The van der Waals surface area contributed by atoms with Gasteiger partial charge < -0.3 is 14.5 Å². The number of amides is 1. The molecule has 3 rings (SSSR count). The molecule has 2 heterocycles. The molecule has 0 N–H and O–H groups in total. The Morgan fingerprint density at radius 1 is 1.17 bits per heavy atom. The molecule has 4 nitrogen and oxygen atoms in total. The molecule has 0 radical (unpaired) electrons. The molecule has 1 aromatic carbocycles. The van der Waals surface area contributed by atoms with E-state index in [9.17, 15) is 4.79 Å². The van der Waals surface area contributed by atoms with Gasteiger partial charge in [0.2, 0.25) is 0 Å². The van der Waals surface area contributed by atoms with Gasteiger partial charge in [-0.2, -0.15) is 0 Å². The standard InChI is InChI=1S/C19H28N2O2/c1-18(2,3)23-17(22)21-12-11-20-10-9-19(4,5)15-8-6-7-14(13-21)16(15)20/h6-8H,9-13H2,1-5H3. The van der Waals surface area contributed by atoms with Gasteiger partial charge in [-0.1, -0.05) is 32.0 Å². The molecule has 0 unspecified atom stereocenters. The second-order valence-corrected chi connectivity index (χ2v) is 8.34. The molecule has 0 bridgehead atoms. The number of ether oxygens (including phenoxy) is 1. The summed E-state index contributed by atoms with van der Waals surface area (Å²) in [5.41, 5.74) is 3.73. The SMILES string of the molecule is CC(C)(C)OC(=O)N1CCN2CCC(C)(C)c3cccc(c32)C1. The number of rotatable bonds is 0. The van der Waals surface area contributed by atoms with Crippen LogP contribution < -0.4 is 4.90 Å². The third kappa shape index (κ3) is 3.17. The normalized spacial score (nSPS) is 19.9. The molecule has 0 spiro atoms. The lowest BCUT2D eigenvalue weighted by molar-refractivity contribution is 0.0243. The average molecular weight is 316 g/mol. The lowest BCUT2D eigenvalue weighted by atomic mass is 9.77. The van der Waals surface area contributed by atoms with E-state index >= 15 is 0 Å². The van der Waals surface area contributed by atoms with Crippen molar-refractivity contribution < 1.29 is 9.53 Å². The van der Waals surface area contributed by atoms with Crippen molar-refractivity contribution in [3.05, 3.63) is 29.3 Å². The highest BCUT2D eigenvalue weighted by molar-refractivity contribution is 5.71. The van der Waals surface area contributed by atoms with Gasteiger partial charge in [0.1, 0.15) is 5.60 Å². The summed E-state index contributed by atoms with van der Waals surface area (Å²) in [6.07, 6.45) is 0.935. The van der Waals surface area contributed by atoms with Crippen LogP contribution in [0, 0.1) is 0 Å². The summed E-state index contributed by atoms with van der Waals surface area (Å²) in [5, 5.41) is 0. The van der Waals surface area contributed by atoms with Gasteiger partial charge in [0.05, 0.1) is 6.54 Å². The molecule has 0 aromatic heterocycles. The average Bonchev–Trinajstić information content (AvgIpc) is 2.62. The predicted molar refractivity (Wildman–Crippen MR) is 92.9 cm³/mol. The molecule has 4 heteroatoms. The largest absolute Gasteiger partial charge is 0.444 e. The van der Waals surface area contributed by atoms with Gasteiger partial charge in [-0.15, -0.1) is 0 Å². The van der Waals surface area contributed by atoms with Crippen molar-refractivity contribution in [1.82, 2.24) is 4.90 Å². The lowest BCUT2D eigenvalue weighted by Gasteiger charge is -2.40. The molecule has 0 saturated carbocycles. The first-order valence-electron chi connectivity index (χ1n) is 8.53. The van der Waals surface area contributed by atoms with Gasteiger partial charge in [-0.3, -0.25) is 0 Å². The smallest absolute Gasteiger partial charge is 0.410 e. The van der Waals surface area contributed by atoms with Crippen LogP contribution in [0.3, 0.4) is 0 Å². The molecule has 1 aromatic rings. The lowest BCUT2D eigenvalue weighted by Crippen LogP contribution is -2.41. The van der Waals surface area contributed by atoms with Gasteiger partial charge in [0.15, 0.2) is 0 Å². The maximum atomic E-state index is 12.5. The van der Waals surface area contributed by atoms with Gasteiger partial charge in [-0.25, -0.2) is 4.79 Å². The minimum Gasteiger partial charge on any atom is -0.444 e. The van der Waals surface area contributed by atoms with Crippen molar-refractivity contribution in [3.63, 3.8) is 0 Å². The number of hydrogen-bond donors (Lipinski definition) is 0. The molecule has 0 fully saturated rings. The first-order valence-corrected chi connectivity index (χ1v) is 8.53. The molecule has 2 aliphatic heterocycles. The fourth-order valence-electron chi connectivity index (χ4n) is 3.53. The number of para-hydroxylation sites is 1. The van der Waals surface area contributed by atoms with Crippen LogP contribution in [0.4, 0.5) is 10.5 Å². The zero-order valence-electron chi connectivity index (χ0n) is 15.0. The molecule has 0 saturated heterocycles. The van der Waals surface area contributed by atoms with Gasteiger partial charge in [0.25, 0.3) is 0 Å². The third-order valence-corrected chi connectivity index (χ3v) is 4.82. The van der Waals surface area contributed by atoms with Crippen LogP contribution in [0.5, 0.6) is 0 Å². The van der Waals surface area contributed by atoms with Crippen molar-refractivity contribution in [2.75, 3.05) is 24.5 Å². The van der Waals surface area contributed by atoms with Crippen LogP contribution in [0.1, 0.15) is 52.2 Å². The van der Waals surface area contributed by atoms with Crippen LogP contribution in [0.15, 0.2) is 18.2 Å². The molecule has 1 amide bonds. The van der Waals surface area contributed by atoms with Gasteiger partial charge >= 0.3 is 6.09 Å². The van der Waals surface area contributed by atoms with E-state index in [1.807, 2.05) is 25.7 Å². The minimum absolute atomic E-state index is 0.197. The Labute approximate surface area is 139 Å². The van der Waals surface area contributed by atoms with E-state index in [4.69, 9.17) is 4.74 Å². The molecule has 0 atom stereocenters. The second kappa shape index (κ2) is 5.43. The Morgan fingerprint density at radius 2 is 1.91 bits per heavy atom.